The van der Waals surface area contributed by atoms with Crippen molar-refractivity contribution in [3.63, 3.8) is 0 Å². The fourth-order valence-corrected chi connectivity index (χ4v) is 3.77. The van der Waals surface area contributed by atoms with Crippen LogP contribution in [0.1, 0.15) is 37.1 Å². The highest BCUT2D eigenvalue weighted by Gasteiger charge is 2.32. The number of aromatic nitrogens is 1. The zero-order valence-corrected chi connectivity index (χ0v) is 16.7. The largest absolute Gasteiger partial charge is 0.497 e. The summed E-state index contributed by atoms with van der Waals surface area (Å²) in [5, 5.41) is 0. The van der Waals surface area contributed by atoms with E-state index in [1.54, 1.807) is 25.1 Å². The van der Waals surface area contributed by atoms with Crippen LogP contribution in [0.3, 0.4) is 0 Å². The summed E-state index contributed by atoms with van der Waals surface area (Å²) in [6.07, 6.45) is 3.14. The van der Waals surface area contributed by atoms with Gasteiger partial charge >= 0.3 is 0 Å². The van der Waals surface area contributed by atoms with Crippen LogP contribution in [0.5, 0.6) is 5.75 Å². The van der Waals surface area contributed by atoms with Gasteiger partial charge in [-0.1, -0.05) is 18.2 Å². The minimum atomic E-state index is -0.273. The molecular weight excluding hydrogens is 354 g/mol. The summed E-state index contributed by atoms with van der Waals surface area (Å²) in [7, 11) is 3.47. The fourth-order valence-electron chi connectivity index (χ4n) is 3.77. The number of carbonyl (C=O) groups is 2. The standard InChI is InChI=1S/C22H27N3O3/c1-16(26)25-14-11-18(12-15-25)22(27)24(2)21(20-6-4-5-13-23-20)17-7-9-19(28-3)10-8-17/h4-10,13,18,21H,11-12,14-15H2,1-3H3. The summed E-state index contributed by atoms with van der Waals surface area (Å²) in [4.78, 5) is 32.9. The average molecular weight is 381 g/mol. The highest BCUT2D eigenvalue weighted by atomic mass is 16.5. The molecule has 1 aromatic heterocycles. The highest BCUT2D eigenvalue weighted by molar-refractivity contribution is 5.80. The van der Waals surface area contributed by atoms with Crippen LogP contribution in [0.25, 0.3) is 0 Å². The molecule has 2 aromatic rings. The number of carbonyl (C=O) groups excluding carboxylic acids is 2. The second kappa shape index (κ2) is 8.87. The zero-order chi connectivity index (χ0) is 20.1. The molecular formula is C22H27N3O3. The lowest BCUT2D eigenvalue weighted by atomic mass is 9.93. The van der Waals surface area contributed by atoms with Gasteiger partial charge in [-0.3, -0.25) is 14.6 Å². The van der Waals surface area contributed by atoms with E-state index in [1.165, 1.54) is 0 Å². The summed E-state index contributed by atoms with van der Waals surface area (Å²) < 4.78 is 5.26. The second-order valence-corrected chi connectivity index (χ2v) is 7.16. The predicted octanol–water partition coefficient (Wildman–Crippen LogP) is 2.90. The molecule has 0 radical (unpaired) electrons. The van der Waals surface area contributed by atoms with Gasteiger partial charge in [0.1, 0.15) is 5.75 Å². The van der Waals surface area contributed by atoms with Crippen LogP contribution in [-0.2, 0) is 9.59 Å². The van der Waals surface area contributed by atoms with Crippen LogP contribution in [0.2, 0.25) is 0 Å². The maximum Gasteiger partial charge on any atom is 0.226 e. The third kappa shape index (κ3) is 4.32. The Hall–Kier alpha value is -2.89. The number of pyridine rings is 1. The lowest BCUT2D eigenvalue weighted by Crippen LogP contribution is -2.44. The van der Waals surface area contributed by atoms with Crippen LogP contribution in [0.15, 0.2) is 48.7 Å². The molecule has 1 saturated heterocycles. The van der Waals surface area contributed by atoms with Crippen molar-refractivity contribution < 1.29 is 14.3 Å². The third-order valence-electron chi connectivity index (χ3n) is 5.42. The molecule has 6 nitrogen and oxygen atoms in total. The van der Waals surface area contributed by atoms with E-state index in [2.05, 4.69) is 4.98 Å². The Balaban J connectivity index is 1.83. The molecule has 1 aliphatic heterocycles. The number of hydrogen-bond acceptors (Lipinski definition) is 4. The Bertz CT molecular complexity index is 800. The van der Waals surface area contributed by atoms with E-state index in [-0.39, 0.29) is 23.8 Å². The first kappa shape index (κ1) is 19.9. The number of ether oxygens (including phenoxy) is 1. The lowest BCUT2D eigenvalue weighted by Gasteiger charge is -2.35. The molecule has 1 unspecified atom stereocenters. The molecule has 0 bridgehead atoms. The first-order valence-electron chi connectivity index (χ1n) is 9.58. The normalized spacial score (nSPS) is 15.8. The van der Waals surface area contributed by atoms with Crippen molar-refractivity contribution in [1.29, 1.82) is 0 Å². The zero-order valence-electron chi connectivity index (χ0n) is 16.7. The minimum Gasteiger partial charge on any atom is -0.497 e. The van der Waals surface area contributed by atoms with E-state index in [9.17, 15) is 9.59 Å². The molecule has 0 saturated carbocycles. The smallest absolute Gasteiger partial charge is 0.226 e. The number of likely N-dealkylation sites (tertiary alicyclic amines) is 1. The highest BCUT2D eigenvalue weighted by Crippen LogP contribution is 2.30. The molecule has 1 atom stereocenters. The van der Waals surface area contributed by atoms with E-state index in [1.807, 2.05) is 54.4 Å². The van der Waals surface area contributed by atoms with Crippen molar-refractivity contribution in [1.82, 2.24) is 14.8 Å². The Morgan fingerprint density at radius 1 is 1.14 bits per heavy atom. The molecule has 6 heteroatoms. The molecule has 1 aromatic carbocycles. The number of benzene rings is 1. The van der Waals surface area contributed by atoms with Crippen molar-refractivity contribution in [2.24, 2.45) is 5.92 Å². The van der Waals surface area contributed by atoms with E-state index < -0.39 is 0 Å². The summed E-state index contributed by atoms with van der Waals surface area (Å²) >= 11 is 0. The first-order valence-corrected chi connectivity index (χ1v) is 9.58. The summed E-state index contributed by atoms with van der Waals surface area (Å²) in [5.41, 5.74) is 1.81. The van der Waals surface area contributed by atoms with Crippen molar-refractivity contribution in [3.8, 4) is 5.75 Å². The van der Waals surface area contributed by atoms with Crippen molar-refractivity contribution >= 4 is 11.8 Å². The Morgan fingerprint density at radius 3 is 2.36 bits per heavy atom. The van der Waals surface area contributed by atoms with Crippen molar-refractivity contribution in [2.45, 2.75) is 25.8 Å². The fraction of sp³-hybridized carbons (Fsp3) is 0.409. The predicted molar refractivity (Wildman–Crippen MR) is 107 cm³/mol. The topological polar surface area (TPSA) is 62.7 Å². The van der Waals surface area contributed by atoms with Gasteiger partial charge in [0.25, 0.3) is 0 Å². The van der Waals surface area contributed by atoms with Crippen molar-refractivity contribution in [3.05, 3.63) is 59.9 Å². The number of piperidine rings is 1. The molecule has 148 valence electrons. The average Bonchev–Trinajstić information content (AvgIpc) is 2.74. The van der Waals surface area contributed by atoms with Crippen LogP contribution in [0, 0.1) is 5.92 Å². The quantitative estimate of drug-likeness (QED) is 0.799. The Morgan fingerprint density at radius 2 is 1.82 bits per heavy atom. The van der Waals surface area contributed by atoms with Gasteiger partial charge in [-0.25, -0.2) is 0 Å². The second-order valence-electron chi connectivity index (χ2n) is 7.16. The molecule has 0 N–H and O–H groups in total. The number of rotatable bonds is 5. The monoisotopic (exact) mass is 381 g/mol. The molecule has 0 spiro atoms. The summed E-state index contributed by atoms with van der Waals surface area (Å²) in [6, 6.07) is 13.2. The maximum absolute atomic E-state index is 13.3. The lowest BCUT2D eigenvalue weighted by molar-refractivity contribution is -0.140. The molecule has 0 aliphatic carbocycles. The maximum atomic E-state index is 13.3. The van der Waals surface area contributed by atoms with Gasteiger partial charge in [-0.2, -0.15) is 0 Å². The van der Waals surface area contributed by atoms with Gasteiger partial charge in [-0.15, -0.1) is 0 Å². The summed E-state index contributed by atoms with van der Waals surface area (Å²) in [6.45, 7) is 2.85. The number of nitrogens with zero attached hydrogens (tertiary/aromatic N) is 3. The van der Waals surface area contributed by atoms with Crippen LogP contribution in [-0.4, -0.2) is 53.8 Å². The molecule has 1 fully saturated rings. The van der Waals surface area contributed by atoms with Crippen LogP contribution in [0.4, 0.5) is 0 Å². The van der Waals surface area contributed by atoms with E-state index in [4.69, 9.17) is 4.74 Å². The van der Waals surface area contributed by atoms with Gasteiger partial charge in [0, 0.05) is 39.2 Å². The molecule has 2 amide bonds. The molecule has 28 heavy (non-hydrogen) atoms. The van der Waals surface area contributed by atoms with E-state index in [0.717, 1.165) is 17.0 Å². The van der Waals surface area contributed by atoms with Gasteiger partial charge in [-0.05, 0) is 42.7 Å². The number of amides is 2. The third-order valence-corrected chi connectivity index (χ3v) is 5.42. The SMILES string of the molecule is COc1ccc(C(c2ccccn2)N(C)C(=O)C2CCN(C(C)=O)CC2)cc1. The van der Waals surface area contributed by atoms with Gasteiger partial charge in [0.05, 0.1) is 18.8 Å². The molecule has 2 heterocycles. The Kier molecular flexibility index (Phi) is 6.29. The number of hydrogen-bond donors (Lipinski definition) is 0. The van der Waals surface area contributed by atoms with Crippen molar-refractivity contribution in [2.75, 3.05) is 27.2 Å². The number of methoxy groups -OCH3 is 1. The first-order chi connectivity index (χ1) is 13.5. The van der Waals surface area contributed by atoms with Crippen LogP contribution >= 0.6 is 0 Å². The van der Waals surface area contributed by atoms with Crippen LogP contribution < -0.4 is 4.74 Å². The van der Waals surface area contributed by atoms with Gasteiger partial charge in [0.2, 0.25) is 11.8 Å². The van der Waals surface area contributed by atoms with Gasteiger partial charge < -0.3 is 14.5 Å². The van der Waals surface area contributed by atoms with E-state index >= 15 is 0 Å². The minimum absolute atomic E-state index is 0.0730. The van der Waals surface area contributed by atoms with E-state index in [0.29, 0.717) is 25.9 Å². The summed E-state index contributed by atoms with van der Waals surface area (Å²) in [5.74, 6) is 0.859. The molecule has 3 rings (SSSR count). The Labute approximate surface area is 166 Å². The van der Waals surface area contributed by atoms with Gasteiger partial charge in [0.15, 0.2) is 0 Å². The molecule has 1 aliphatic rings.